The molecule has 6 heteroatoms. The highest BCUT2D eigenvalue weighted by molar-refractivity contribution is 5.94. The number of pyridine rings is 1. The highest BCUT2D eigenvalue weighted by Gasteiger charge is 2.05. The first-order chi connectivity index (χ1) is 12.2. The monoisotopic (exact) mass is 333 g/mol. The molecule has 6 nitrogen and oxygen atoms in total. The first kappa shape index (κ1) is 16.2. The molecule has 0 saturated heterocycles. The predicted octanol–water partition coefficient (Wildman–Crippen LogP) is 3.34. The third kappa shape index (κ3) is 4.42. The van der Waals surface area contributed by atoms with Gasteiger partial charge in [-0.1, -0.05) is 18.2 Å². The van der Waals surface area contributed by atoms with Gasteiger partial charge in [-0.3, -0.25) is 9.78 Å². The first-order valence-electron chi connectivity index (χ1n) is 7.52. The summed E-state index contributed by atoms with van der Waals surface area (Å²) in [6, 6.07) is 17.3. The molecule has 25 heavy (non-hydrogen) atoms. The second-order valence-electron chi connectivity index (χ2n) is 5.08. The molecule has 0 bridgehead atoms. The average molecular weight is 333 g/mol. The average Bonchev–Trinajstić information content (AvgIpc) is 2.65. The number of benzene rings is 2. The summed E-state index contributed by atoms with van der Waals surface area (Å²) in [6.45, 7) is 0. The van der Waals surface area contributed by atoms with Gasteiger partial charge in [0.05, 0.1) is 11.8 Å². The van der Waals surface area contributed by atoms with Crippen molar-refractivity contribution < 1.29 is 14.6 Å². The van der Waals surface area contributed by atoms with Crippen molar-refractivity contribution in [2.24, 2.45) is 5.10 Å². The lowest BCUT2D eigenvalue weighted by Gasteiger charge is -2.07. The van der Waals surface area contributed by atoms with Crippen LogP contribution in [0.1, 0.15) is 15.9 Å². The zero-order chi connectivity index (χ0) is 17.5. The molecule has 0 aliphatic rings. The predicted molar refractivity (Wildman–Crippen MR) is 93.9 cm³/mol. The normalized spacial score (nSPS) is 10.6. The first-order valence-corrected chi connectivity index (χ1v) is 7.52. The molecule has 0 saturated carbocycles. The molecule has 0 fully saturated rings. The number of phenols is 1. The number of phenolic OH excluding ortho intramolecular Hbond substituents is 1. The number of nitrogens with one attached hydrogen (secondary N) is 1. The second-order valence-corrected chi connectivity index (χ2v) is 5.08. The Morgan fingerprint density at radius 1 is 1.12 bits per heavy atom. The number of rotatable bonds is 5. The quantitative estimate of drug-likeness (QED) is 0.554. The molecule has 1 aromatic heterocycles. The van der Waals surface area contributed by atoms with Gasteiger partial charge in [0.1, 0.15) is 5.75 Å². The molecule has 3 aromatic rings. The van der Waals surface area contributed by atoms with Crippen molar-refractivity contribution >= 4 is 12.1 Å². The fourth-order valence-corrected chi connectivity index (χ4v) is 2.04. The van der Waals surface area contributed by atoms with Gasteiger partial charge >= 0.3 is 0 Å². The number of nitrogens with zero attached hydrogens (tertiary/aromatic N) is 2. The van der Waals surface area contributed by atoms with E-state index in [4.69, 9.17) is 4.74 Å². The standard InChI is InChI=1S/C19H15N3O3/c23-17-11-14(8-9-18(17)25-16-6-2-1-3-7-16)12-21-22-19(24)15-5-4-10-20-13-15/h1-13,23H,(H,22,24)/b21-12+. The van der Waals surface area contributed by atoms with Gasteiger partial charge in [0.2, 0.25) is 0 Å². The Morgan fingerprint density at radius 3 is 2.68 bits per heavy atom. The molecule has 3 rings (SSSR count). The molecule has 0 atom stereocenters. The Bertz CT molecular complexity index is 881. The number of carbonyl (C=O) groups excluding carboxylic acids is 1. The summed E-state index contributed by atoms with van der Waals surface area (Å²) < 4.78 is 5.59. The van der Waals surface area contributed by atoms with Gasteiger partial charge < -0.3 is 9.84 Å². The largest absolute Gasteiger partial charge is 0.504 e. The summed E-state index contributed by atoms with van der Waals surface area (Å²) in [6.07, 6.45) is 4.47. The van der Waals surface area contributed by atoms with Crippen molar-refractivity contribution in [1.82, 2.24) is 10.4 Å². The van der Waals surface area contributed by atoms with E-state index < -0.39 is 0 Å². The van der Waals surface area contributed by atoms with E-state index in [2.05, 4.69) is 15.5 Å². The van der Waals surface area contributed by atoms with Crippen LogP contribution in [0, 0.1) is 0 Å². The fraction of sp³-hybridized carbons (Fsp3) is 0. The van der Waals surface area contributed by atoms with Crippen LogP contribution in [-0.2, 0) is 0 Å². The minimum atomic E-state index is -0.363. The van der Waals surface area contributed by atoms with Crippen molar-refractivity contribution in [1.29, 1.82) is 0 Å². The lowest BCUT2D eigenvalue weighted by Crippen LogP contribution is -2.17. The Hall–Kier alpha value is -3.67. The maximum absolute atomic E-state index is 11.8. The Labute approximate surface area is 144 Å². The summed E-state index contributed by atoms with van der Waals surface area (Å²) in [5.41, 5.74) is 3.43. The summed E-state index contributed by atoms with van der Waals surface area (Å²) >= 11 is 0. The van der Waals surface area contributed by atoms with E-state index in [1.807, 2.05) is 18.2 Å². The van der Waals surface area contributed by atoms with Crippen LogP contribution in [0.25, 0.3) is 0 Å². The smallest absolute Gasteiger partial charge is 0.272 e. The summed E-state index contributed by atoms with van der Waals surface area (Å²) in [5.74, 6) is 0.578. The van der Waals surface area contributed by atoms with Gasteiger partial charge in [0, 0.05) is 12.4 Å². The molecule has 124 valence electrons. The SMILES string of the molecule is O=C(N/N=C/c1ccc(Oc2ccccc2)c(O)c1)c1cccnc1. The van der Waals surface area contributed by atoms with Crippen molar-refractivity contribution in [3.8, 4) is 17.2 Å². The van der Waals surface area contributed by atoms with Crippen LogP contribution >= 0.6 is 0 Å². The van der Waals surface area contributed by atoms with Gasteiger partial charge in [-0.05, 0) is 48.0 Å². The Balaban J connectivity index is 1.63. The van der Waals surface area contributed by atoms with E-state index in [0.717, 1.165) is 0 Å². The van der Waals surface area contributed by atoms with Crippen LogP contribution in [0.5, 0.6) is 17.2 Å². The summed E-state index contributed by atoms with van der Waals surface area (Å²) in [7, 11) is 0. The minimum Gasteiger partial charge on any atom is -0.504 e. The summed E-state index contributed by atoms with van der Waals surface area (Å²) in [4.78, 5) is 15.7. The molecule has 1 heterocycles. The van der Waals surface area contributed by atoms with Crippen LogP contribution in [-0.4, -0.2) is 22.2 Å². The van der Waals surface area contributed by atoms with E-state index in [1.54, 1.807) is 42.6 Å². The number of amides is 1. The molecular formula is C19H15N3O3. The minimum absolute atomic E-state index is 0.0219. The molecule has 0 aliphatic carbocycles. The van der Waals surface area contributed by atoms with Crippen LogP contribution in [0.2, 0.25) is 0 Å². The van der Waals surface area contributed by atoms with E-state index >= 15 is 0 Å². The highest BCUT2D eigenvalue weighted by atomic mass is 16.5. The van der Waals surface area contributed by atoms with Crippen molar-refractivity contribution in [3.05, 3.63) is 84.2 Å². The Morgan fingerprint density at radius 2 is 1.96 bits per heavy atom. The van der Waals surface area contributed by atoms with Crippen molar-refractivity contribution in [2.75, 3.05) is 0 Å². The van der Waals surface area contributed by atoms with E-state index in [0.29, 0.717) is 22.6 Å². The number of para-hydroxylation sites is 1. The van der Waals surface area contributed by atoms with Crippen LogP contribution in [0.15, 0.2) is 78.2 Å². The van der Waals surface area contributed by atoms with Crippen LogP contribution in [0.4, 0.5) is 0 Å². The molecular weight excluding hydrogens is 318 g/mol. The van der Waals surface area contributed by atoms with E-state index in [9.17, 15) is 9.90 Å². The number of hydrazone groups is 1. The van der Waals surface area contributed by atoms with E-state index in [1.165, 1.54) is 18.5 Å². The molecule has 2 N–H and O–H groups in total. The molecule has 0 aliphatic heterocycles. The number of hydrogen-bond donors (Lipinski definition) is 2. The molecule has 0 spiro atoms. The maximum Gasteiger partial charge on any atom is 0.272 e. The highest BCUT2D eigenvalue weighted by Crippen LogP contribution is 2.30. The third-order valence-electron chi connectivity index (χ3n) is 3.26. The zero-order valence-corrected chi connectivity index (χ0v) is 13.2. The van der Waals surface area contributed by atoms with Gasteiger partial charge in [0.15, 0.2) is 11.5 Å². The number of aromatic nitrogens is 1. The number of aromatic hydroxyl groups is 1. The van der Waals surface area contributed by atoms with Gasteiger partial charge in [-0.2, -0.15) is 5.10 Å². The topological polar surface area (TPSA) is 83.8 Å². The lowest BCUT2D eigenvalue weighted by atomic mass is 10.2. The van der Waals surface area contributed by atoms with Gasteiger partial charge in [-0.15, -0.1) is 0 Å². The number of carbonyl (C=O) groups is 1. The van der Waals surface area contributed by atoms with Crippen molar-refractivity contribution in [2.45, 2.75) is 0 Å². The molecule has 1 amide bonds. The number of ether oxygens (including phenoxy) is 1. The zero-order valence-electron chi connectivity index (χ0n) is 13.2. The lowest BCUT2D eigenvalue weighted by molar-refractivity contribution is 0.0955. The Kier molecular flexibility index (Phi) is 5.01. The molecule has 0 unspecified atom stereocenters. The van der Waals surface area contributed by atoms with Crippen molar-refractivity contribution in [3.63, 3.8) is 0 Å². The van der Waals surface area contributed by atoms with Crippen LogP contribution in [0.3, 0.4) is 0 Å². The summed E-state index contributed by atoms with van der Waals surface area (Å²) in [5, 5.41) is 13.9. The number of hydrogen-bond acceptors (Lipinski definition) is 5. The van der Waals surface area contributed by atoms with Gasteiger partial charge in [-0.25, -0.2) is 5.43 Å². The van der Waals surface area contributed by atoms with Gasteiger partial charge in [0.25, 0.3) is 5.91 Å². The third-order valence-corrected chi connectivity index (χ3v) is 3.26. The molecule has 2 aromatic carbocycles. The van der Waals surface area contributed by atoms with E-state index in [-0.39, 0.29) is 11.7 Å². The fourth-order valence-electron chi connectivity index (χ4n) is 2.04. The second kappa shape index (κ2) is 7.74. The maximum atomic E-state index is 11.8. The molecule has 0 radical (unpaired) electrons. The van der Waals surface area contributed by atoms with Crippen LogP contribution < -0.4 is 10.2 Å².